The van der Waals surface area contributed by atoms with Gasteiger partial charge >= 0.3 is 12.0 Å². The van der Waals surface area contributed by atoms with Crippen molar-refractivity contribution in [1.82, 2.24) is 10.2 Å². The number of carbonyl (C=O) groups excluding carboxylic acids is 1. The molecule has 2 amide bonds. The number of carbonyl (C=O) groups is 2. The lowest BCUT2D eigenvalue weighted by molar-refractivity contribution is -0.141. The summed E-state index contributed by atoms with van der Waals surface area (Å²) < 4.78 is 1.00. The summed E-state index contributed by atoms with van der Waals surface area (Å²) in [5.74, 6) is -1.50. The number of rotatable bonds is 6. The van der Waals surface area contributed by atoms with Crippen LogP contribution in [0, 0.1) is 5.92 Å². The summed E-state index contributed by atoms with van der Waals surface area (Å²) in [6.07, 6.45) is 0. The second-order valence-electron chi connectivity index (χ2n) is 6.14. The smallest absolute Gasteiger partial charge is 0.317 e. The van der Waals surface area contributed by atoms with Crippen LogP contribution >= 0.6 is 15.9 Å². The number of halogens is 1. The first kappa shape index (κ1) is 18.5. The fourth-order valence-corrected chi connectivity index (χ4v) is 2.93. The molecule has 0 saturated heterocycles. The van der Waals surface area contributed by atoms with Crippen LogP contribution in [0.2, 0.25) is 0 Å². The van der Waals surface area contributed by atoms with Gasteiger partial charge in [0.1, 0.15) is 0 Å². The number of nitrogens with one attached hydrogen (secondary N) is 1. The minimum absolute atomic E-state index is 0.177. The average molecular weight is 371 g/mol. The summed E-state index contributed by atoms with van der Waals surface area (Å²) >= 11 is 3.53. The number of aliphatic carboxylic acids is 1. The van der Waals surface area contributed by atoms with Gasteiger partial charge in [-0.15, -0.1) is 0 Å². The van der Waals surface area contributed by atoms with Crippen LogP contribution in [0.5, 0.6) is 0 Å². The number of hydrogen-bond acceptors (Lipinski definition) is 2. The summed E-state index contributed by atoms with van der Waals surface area (Å²) in [6, 6.07) is 7.63. The molecular weight excluding hydrogens is 348 g/mol. The standard InChI is InChI=1S/C16H23BrN2O3/c1-11(14(20)21)9-19(4)15(22)18-10-16(2,3)12-7-5-6-8-13(12)17/h5-8,11H,9-10H2,1-4H3,(H,18,22)(H,20,21). The predicted octanol–water partition coefficient (Wildman–Crippen LogP) is 3.09. The van der Waals surface area contributed by atoms with Crippen molar-refractivity contribution in [1.29, 1.82) is 0 Å². The zero-order chi connectivity index (χ0) is 16.9. The SMILES string of the molecule is CC(CN(C)C(=O)NCC(C)(C)c1ccccc1Br)C(=O)O. The van der Waals surface area contributed by atoms with Crippen LogP contribution in [0.3, 0.4) is 0 Å². The Hall–Kier alpha value is -1.56. The van der Waals surface area contributed by atoms with Crippen molar-refractivity contribution in [3.63, 3.8) is 0 Å². The van der Waals surface area contributed by atoms with Gasteiger partial charge in [0, 0.05) is 30.0 Å². The molecular formula is C16H23BrN2O3. The van der Waals surface area contributed by atoms with Crippen molar-refractivity contribution in [3.05, 3.63) is 34.3 Å². The molecule has 0 aromatic heterocycles. The Morgan fingerprint density at radius 3 is 2.50 bits per heavy atom. The normalized spacial score (nSPS) is 12.6. The number of hydrogen-bond donors (Lipinski definition) is 2. The summed E-state index contributed by atoms with van der Waals surface area (Å²) in [4.78, 5) is 24.3. The molecule has 1 aromatic carbocycles. The molecule has 122 valence electrons. The van der Waals surface area contributed by atoms with Crippen LogP contribution in [0.1, 0.15) is 26.3 Å². The number of carboxylic acids is 1. The Balaban J connectivity index is 2.63. The molecule has 0 spiro atoms. The number of amides is 2. The van der Waals surface area contributed by atoms with Gasteiger partial charge in [0.15, 0.2) is 0 Å². The maximum atomic E-state index is 12.1. The lowest BCUT2D eigenvalue weighted by Gasteiger charge is -2.28. The quantitative estimate of drug-likeness (QED) is 0.808. The third-order valence-electron chi connectivity index (χ3n) is 3.60. The molecule has 5 nitrogen and oxygen atoms in total. The molecule has 2 N–H and O–H groups in total. The highest BCUT2D eigenvalue weighted by molar-refractivity contribution is 9.10. The maximum Gasteiger partial charge on any atom is 0.317 e. The summed E-state index contributed by atoms with van der Waals surface area (Å²) in [5, 5.41) is 11.8. The molecule has 1 rings (SSSR count). The molecule has 0 heterocycles. The highest BCUT2D eigenvalue weighted by Gasteiger charge is 2.25. The molecule has 0 radical (unpaired) electrons. The van der Waals surface area contributed by atoms with Crippen molar-refractivity contribution >= 4 is 27.9 Å². The number of carboxylic acid groups (broad SMARTS) is 1. The van der Waals surface area contributed by atoms with Crippen LogP contribution in [0.4, 0.5) is 4.79 Å². The van der Waals surface area contributed by atoms with E-state index >= 15 is 0 Å². The Labute approximate surface area is 139 Å². The van der Waals surface area contributed by atoms with E-state index in [1.807, 2.05) is 38.1 Å². The number of nitrogens with zero attached hydrogens (tertiary/aromatic N) is 1. The molecule has 0 saturated carbocycles. The van der Waals surface area contributed by atoms with E-state index in [4.69, 9.17) is 5.11 Å². The molecule has 0 aliphatic carbocycles. The Bertz CT molecular complexity index is 546. The van der Waals surface area contributed by atoms with Gasteiger partial charge in [0.05, 0.1) is 5.92 Å². The Morgan fingerprint density at radius 1 is 1.36 bits per heavy atom. The number of urea groups is 1. The van der Waals surface area contributed by atoms with Crippen LogP contribution < -0.4 is 5.32 Å². The summed E-state index contributed by atoms with van der Waals surface area (Å²) in [5.41, 5.74) is 0.867. The zero-order valence-corrected chi connectivity index (χ0v) is 15.0. The largest absolute Gasteiger partial charge is 0.481 e. The van der Waals surface area contributed by atoms with Gasteiger partial charge in [-0.05, 0) is 11.6 Å². The van der Waals surface area contributed by atoms with E-state index in [-0.39, 0.29) is 18.0 Å². The van der Waals surface area contributed by atoms with E-state index in [1.165, 1.54) is 4.90 Å². The van der Waals surface area contributed by atoms with Gasteiger partial charge < -0.3 is 15.3 Å². The first-order valence-electron chi connectivity index (χ1n) is 7.12. The fourth-order valence-electron chi connectivity index (χ4n) is 2.11. The molecule has 1 aromatic rings. The van der Waals surface area contributed by atoms with Crippen molar-refractivity contribution in [2.24, 2.45) is 5.92 Å². The van der Waals surface area contributed by atoms with Crippen LogP contribution in [-0.4, -0.2) is 42.1 Å². The Kier molecular flexibility index (Phi) is 6.41. The van der Waals surface area contributed by atoms with E-state index < -0.39 is 11.9 Å². The molecule has 0 aliphatic rings. The van der Waals surface area contributed by atoms with Gasteiger partial charge in [-0.25, -0.2) is 4.79 Å². The van der Waals surface area contributed by atoms with Crippen LogP contribution in [0.25, 0.3) is 0 Å². The minimum Gasteiger partial charge on any atom is -0.481 e. The topological polar surface area (TPSA) is 69.6 Å². The molecule has 0 fully saturated rings. The highest BCUT2D eigenvalue weighted by atomic mass is 79.9. The Morgan fingerprint density at radius 2 is 1.95 bits per heavy atom. The maximum absolute atomic E-state index is 12.1. The number of benzene rings is 1. The summed E-state index contributed by atoms with van der Waals surface area (Å²) in [6.45, 7) is 6.31. The lowest BCUT2D eigenvalue weighted by atomic mass is 9.84. The van der Waals surface area contributed by atoms with E-state index in [1.54, 1.807) is 14.0 Å². The molecule has 0 bridgehead atoms. The summed E-state index contributed by atoms with van der Waals surface area (Å²) in [7, 11) is 1.60. The van der Waals surface area contributed by atoms with Crippen LogP contribution in [0.15, 0.2) is 28.7 Å². The monoisotopic (exact) mass is 370 g/mol. The van der Waals surface area contributed by atoms with Crippen molar-refractivity contribution in [3.8, 4) is 0 Å². The van der Waals surface area contributed by atoms with E-state index in [0.29, 0.717) is 6.54 Å². The minimum atomic E-state index is -0.909. The van der Waals surface area contributed by atoms with Gasteiger partial charge in [-0.2, -0.15) is 0 Å². The second kappa shape index (κ2) is 7.63. The molecule has 22 heavy (non-hydrogen) atoms. The molecule has 6 heteroatoms. The predicted molar refractivity (Wildman–Crippen MR) is 90.0 cm³/mol. The zero-order valence-electron chi connectivity index (χ0n) is 13.4. The molecule has 0 aliphatic heterocycles. The second-order valence-corrected chi connectivity index (χ2v) is 7.00. The van der Waals surface area contributed by atoms with E-state index in [2.05, 4.69) is 21.2 Å². The van der Waals surface area contributed by atoms with Crippen molar-refractivity contribution < 1.29 is 14.7 Å². The van der Waals surface area contributed by atoms with E-state index in [9.17, 15) is 9.59 Å². The third kappa shape index (κ3) is 5.02. The molecule has 1 atom stereocenters. The fraction of sp³-hybridized carbons (Fsp3) is 0.500. The first-order valence-corrected chi connectivity index (χ1v) is 7.91. The third-order valence-corrected chi connectivity index (χ3v) is 4.29. The van der Waals surface area contributed by atoms with Gasteiger partial charge in [0.2, 0.25) is 0 Å². The first-order chi connectivity index (χ1) is 10.1. The lowest BCUT2D eigenvalue weighted by Crippen LogP contribution is -2.45. The van der Waals surface area contributed by atoms with Crippen molar-refractivity contribution in [2.45, 2.75) is 26.2 Å². The molecule has 1 unspecified atom stereocenters. The van der Waals surface area contributed by atoms with Gasteiger partial charge in [-0.1, -0.05) is 54.9 Å². The highest BCUT2D eigenvalue weighted by Crippen LogP contribution is 2.29. The average Bonchev–Trinajstić information content (AvgIpc) is 2.44. The van der Waals surface area contributed by atoms with E-state index in [0.717, 1.165) is 10.0 Å². The van der Waals surface area contributed by atoms with Gasteiger partial charge in [-0.3, -0.25) is 4.79 Å². The van der Waals surface area contributed by atoms with Gasteiger partial charge in [0.25, 0.3) is 0 Å². The van der Waals surface area contributed by atoms with Crippen LogP contribution in [-0.2, 0) is 10.2 Å². The van der Waals surface area contributed by atoms with Crippen molar-refractivity contribution in [2.75, 3.05) is 20.1 Å².